The minimum Gasteiger partial charge on any atom is -0.507 e. The van der Waals surface area contributed by atoms with E-state index in [4.69, 9.17) is 0 Å². The largest absolute Gasteiger partial charge is 0.507 e. The van der Waals surface area contributed by atoms with Gasteiger partial charge in [-0.15, -0.1) is 29.8 Å². The van der Waals surface area contributed by atoms with E-state index in [-0.39, 0.29) is 31.7 Å². The summed E-state index contributed by atoms with van der Waals surface area (Å²) in [6.45, 7) is 0. The first kappa shape index (κ1) is 20.4. The third-order valence-corrected chi connectivity index (χ3v) is 3.56. The molecule has 0 saturated heterocycles. The predicted molar refractivity (Wildman–Crippen MR) is 99.8 cm³/mol. The molecule has 1 N–H and O–H groups in total. The topological polar surface area (TPSA) is 46.0 Å². The van der Waals surface area contributed by atoms with E-state index in [0.717, 1.165) is 22.5 Å². The van der Waals surface area contributed by atoms with Crippen LogP contribution in [-0.2, 0) is 20.1 Å². The first-order valence-electron chi connectivity index (χ1n) is 8.02. The molecule has 0 spiro atoms. The summed E-state index contributed by atoms with van der Waals surface area (Å²) < 4.78 is 12.6. The Bertz CT molecular complexity index is 949. The molecular formula is C22H16FIrN2O-. The molecule has 0 bridgehead atoms. The number of rotatable bonds is 2. The zero-order valence-electron chi connectivity index (χ0n) is 14.2. The Kier molecular flexibility index (Phi) is 7.80. The molecule has 5 heteroatoms. The number of benzene rings is 2. The predicted octanol–water partition coefficient (Wildman–Crippen LogP) is 5.14. The number of pyridine rings is 2. The van der Waals surface area contributed by atoms with Gasteiger partial charge in [-0.25, -0.2) is 0 Å². The van der Waals surface area contributed by atoms with Gasteiger partial charge in [0.05, 0.1) is 5.69 Å². The van der Waals surface area contributed by atoms with Gasteiger partial charge in [0, 0.05) is 43.9 Å². The van der Waals surface area contributed by atoms with E-state index in [1.165, 1.54) is 12.1 Å². The molecule has 4 aromatic rings. The molecule has 137 valence electrons. The van der Waals surface area contributed by atoms with Crippen molar-refractivity contribution >= 4 is 0 Å². The molecule has 4 rings (SSSR count). The second kappa shape index (κ2) is 10.3. The number of aromatic hydroxyl groups is 1. The molecule has 0 aliphatic heterocycles. The fourth-order valence-electron chi connectivity index (χ4n) is 2.30. The van der Waals surface area contributed by atoms with Gasteiger partial charge in [-0.3, -0.25) is 9.37 Å². The molecule has 0 unspecified atom stereocenters. The second-order valence-electron chi connectivity index (χ2n) is 5.37. The fourth-order valence-corrected chi connectivity index (χ4v) is 2.30. The number of hydrogen-bond donors (Lipinski definition) is 1. The van der Waals surface area contributed by atoms with Crippen LogP contribution in [0.3, 0.4) is 0 Å². The maximum absolute atomic E-state index is 12.6. The van der Waals surface area contributed by atoms with Crippen LogP contribution in [0.15, 0.2) is 91.3 Å². The molecule has 0 aliphatic carbocycles. The van der Waals surface area contributed by atoms with Gasteiger partial charge in [0.2, 0.25) is 0 Å². The van der Waals surface area contributed by atoms with Gasteiger partial charge >= 0.3 is 0 Å². The van der Waals surface area contributed by atoms with Crippen LogP contribution in [0.25, 0.3) is 22.5 Å². The van der Waals surface area contributed by atoms with Crippen molar-refractivity contribution in [3.8, 4) is 28.3 Å². The van der Waals surface area contributed by atoms with Gasteiger partial charge in [-0.2, -0.15) is 0 Å². The average molecular weight is 536 g/mol. The van der Waals surface area contributed by atoms with E-state index in [2.05, 4.69) is 16.0 Å². The number of para-hydroxylation sites is 1. The van der Waals surface area contributed by atoms with Crippen molar-refractivity contribution in [2.75, 3.05) is 0 Å². The van der Waals surface area contributed by atoms with E-state index >= 15 is 0 Å². The summed E-state index contributed by atoms with van der Waals surface area (Å²) >= 11 is 0. The maximum Gasteiger partial charge on any atom is 0.124 e. The van der Waals surface area contributed by atoms with Crippen LogP contribution in [0.1, 0.15) is 0 Å². The maximum atomic E-state index is 12.6. The van der Waals surface area contributed by atoms with Gasteiger partial charge in [-0.1, -0.05) is 30.3 Å². The minimum absolute atomic E-state index is 0. The van der Waals surface area contributed by atoms with Gasteiger partial charge in [0.15, 0.2) is 0 Å². The summed E-state index contributed by atoms with van der Waals surface area (Å²) in [7, 11) is 0. The normalized spacial score (nSPS) is 9.52. The third kappa shape index (κ3) is 5.81. The number of halogens is 1. The SMILES string of the molecule is Fc1c[c-]c(-c2ccccn2)cc1.Oc1ccccc1-c1ccccn1.[Ir]. The summed E-state index contributed by atoms with van der Waals surface area (Å²) in [4.78, 5) is 8.27. The molecule has 2 aromatic carbocycles. The first-order chi connectivity index (χ1) is 12.7. The molecular weight excluding hydrogens is 519 g/mol. The molecule has 0 atom stereocenters. The molecule has 2 aromatic heterocycles. The van der Waals surface area contributed by atoms with E-state index in [1.807, 2.05) is 48.5 Å². The first-order valence-corrected chi connectivity index (χ1v) is 8.02. The van der Waals surface area contributed by atoms with Crippen molar-refractivity contribution in [1.29, 1.82) is 0 Å². The van der Waals surface area contributed by atoms with Gasteiger partial charge in [0.1, 0.15) is 5.75 Å². The third-order valence-electron chi connectivity index (χ3n) is 3.56. The number of phenols is 1. The smallest absolute Gasteiger partial charge is 0.124 e. The van der Waals surface area contributed by atoms with E-state index in [1.54, 1.807) is 30.6 Å². The Morgan fingerprint density at radius 2 is 1.37 bits per heavy atom. The molecule has 0 fully saturated rings. The van der Waals surface area contributed by atoms with Gasteiger partial charge in [-0.05, 0) is 36.0 Å². The number of hydrogen-bond acceptors (Lipinski definition) is 3. The Morgan fingerprint density at radius 1 is 0.741 bits per heavy atom. The van der Waals surface area contributed by atoms with E-state index in [9.17, 15) is 9.50 Å². The molecule has 0 saturated carbocycles. The second-order valence-corrected chi connectivity index (χ2v) is 5.37. The summed E-state index contributed by atoms with van der Waals surface area (Å²) in [5.41, 5.74) is 3.17. The monoisotopic (exact) mass is 536 g/mol. The van der Waals surface area contributed by atoms with Crippen molar-refractivity contribution in [2.45, 2.75) is 0 Å². The van der Waals surface area contributed by atoms with Crippen LogP contribution in [0, 0.1) is 11.9 Å². The zero-order chi connectivity index (χ0) is 18.2. The number of aromatic nitrogens is 2. The summed E-state index contributed by atoms with van der Waals surface area (Å²) in [5.74, 6) is -0.0131. The fraction of sp³-hybridized carbons (Fsp3) is 0. The molecule has 2 heterocycles. The number of nitrogens with zero attached hydrogens (tertiary/aromatic N) is 2. The van der Waals surface area contributed by atoms with Crippen LogP contribution in [-0.4, -0.2) is 15.1 Å². The molecule has 3 nitrogen and oxygen atoms in total. The Labute approximate surface area is 170 Å². The van der Waals surface area contributed by atoms with Crippen molar-refractivity contribution in [3.05, 3.63) is 103 Å². The van der Waals surface area contributed by atoms with E-state index in [0.29, 0.717) is 0 Å². The summed E-state index contributed by atoms with van der Waals surface area (Å²) in [6, 6.07) is 25.6. The Balaban J connectivity index is 0.000000187. The van der Waals surface area contributed by atoms with Crippen LogP contribution >= 0.6 is 0 Å². The van der Waals surface area contributed by atoms with Gasteiger partial charge in [0.25, 0.3) is 0 Å². The van der Waals surface area contributed by atoms with Crippen LogP contribution in [0.4, 0.5) is 4.39 Å². The summed E-state index contributed by atoms with van der Waals surface area (Å²) in [6.07, 6.45) is 3.41. The van der Waals surface area contributed by atoms with Crippen molar-refractivity contribution in [1.82, 2.24) is 9.97 Å². The summed E-state index contributed by atoms with van der Waals surface area (Å²) in [5, 5.41) is 9.52. The van der Waals surface area contributed by atoms with E-state index < -0.39 is 0 Å². The van der Waals surface area contributed by atoms with Crippen molar-refractivity contribution < 1.29 is 29.6 Å². The van der Waals surface area contributed by atoms with Crippen LogP contribution in [0.5, 0.6) is 5.75 Å². The zero-order valence-corrected chi connectivity index (χ0v) is 16.6. The Hall–Kier alpha value is -2.88. The molecule has 27 heavy (non-hydrogen) atoms. The van der Waals surface area contributed by atoms with Crippen LogP contribution in [0.2, 0.25) is 0 Å². The standard InChI is InChI=1S/C11H7FN.C11H9NO.Ir/c12-10-6-4-9(5-7-10)11-3-1-2-8-13-11;13-11-7-2-1-5-9(11)10-6-3-4-8-12-10;/h1-4,6-8H;1-8,13H;/q-1;;. The average Bonchev–Trinajstić information content (AvgIpc) is 2.71. The molecule has 0 aliphatic rings. The minimum atomic E-state index is -0.278. The van der Waals surface area contributed by atoms with Crippen molar-refractivity contribution in [3.63, 3.8) is 0 Å². The van der Waals surface area contributed by atoms with Crippen LogP contribution < -0.4 is 0 Å². The number of phenolic OH excluding ortho intramolecular Hbond substituents is 1. The van der Waals surface area contributed by atoms with Crippen molar-refractivity contribution in [2.24, 2.45) is 0 Å². The molecule has 0 amide bonds. The van der Waals surface area contributed by atoms with Gasteiger partial charge < -0.3 is 10.1 Å². The quantitative estimate of drug-likeness (QED) is 0.362. The Morgan fingerprint density at radius 3 is 1.93 bits per heavy atom. The molecule has 1 radical (unpaired) electrons.